The van der Waals surface area contributed by atoms with E-state index in [0.29, 0.717) is 40.2 Å². The van der Waals surface area contributed by atoms with Crippen LogP contribution in [0.5, 0.6) is 11.5 Å². The van der Waals surface area contributed by atoms with Crippen LogP contribution in [0.1, 0.15) is 18.9 Å². The van der Waals surface area contributed by atoms with E-state index in [1.165, 1.54) is 24.0 Å². The third-order valence-corrected chi connectivity index (χ3v) is 5.55. The number of carbonyl (C=O) groups excluding carboxylic acids is 2. The maximum absolute atomic E-state index is 13.3. The maximum Gasteiger partial charge on any atom is 0.270 e. The van der Waals surface area contributed by atoms with E-state index in [2.05, 4.69) is 15.9 Å². The van der Waals surface area contributed by atoms with Crippen LogP contribution in [-0.2, 0) is 9.59 Å². The summed E-state index contributed by atoms with van der Waals surface area (Å²) in [6.45, 7) is 2.37. The van der Waals surface area contributed by atoms with Gasteiger partial charge in [0.05, 0.1) is 24.4 Å². The summed E-state index contributed by atoms with van der Waals surface area (Å²) in [6.07, 6.45) is 2.26. The normalized spacial score (nSPS) is 15.7. The number of para-hydroxylation sites is 1. The van der Waals surface area contributed by atoms with E-state index in [0.717, 1.165) is 0 Å². The van der Waals surface area contributed by atoms with Crippen LogP contribution in [0.2, 0.25) is 0 Å². The molecule has 0 spiro atoms. The van der Waals surface area contributed by atoms with Crippen LogP contribution in [-0.4, -0.2) is 42.6 Å². The van der Waals surface area contributed by atoms with Gasteiger partial charge in [-0.2, -0.15) is 0 Å². The number of hydrogen-bond donors (Lipinski definition) is 0. The summed E-state index contributed by atoms with van der Waals surface area (Å²) < 4.78 is 11.4. The van der Waals surface area contributed by atoms with E-state index in [1.54, 1.807) is 30.3 Å². The van der Waals surface area contributed by atoms with Gasteiger partial charge in [0.1, 0.15) is 5.57 Å². The van der Waals surface area contributed by atoms with Gasteiger partial charge in [0.25, 0.3) is 11.8 Å². The molecule has 1 fully saturated rings. The Bertz CT molecular complexity index is 1020. The van der Waals surface area contributed by atoms with Crippen molar-refractivity contribution in [3.8, 4) is 11.5 Å². The van der Waals surface area contributed by atoms with Gasteiger partial charge < -0.3 is 9.47 Å². The molecule has 8 heteroatoms. The molecule has 0 radical (unpaired) electrons. The lowest BCUT2D eigenvalue weighted by atomic mass is 10.0. The third-order valence-electron chi connectivity index (χ3n) is 4.56. The largest absolute Gasteiger partial charge is 0.493 e. The van der Waals surface area contributed by atoms with Crippen molar-refractivity contribution in [2.45, 2.75) is 13.3 Å². The second-order valence-corrected chi connectivity index (χ2v) is 7.73. The molecule has 0 aromatic heterocycles. The lowest BCUT2D eigenvalue weighted by Gasteiger charge is -2.36. The van der Waals surface area contributed by atoms with Gasteiger partial charge in [0, 0.05) is 6.54 Å². The third kappa shape index (κ3) is 4.11. The second-order valence-electron chi connectivity index (χ2n) is 6.51. The molecular weight excluding hydrogens is 468 g/mol. The molecule has 6 nitrogen and oxygen atoms in total. The Morgan fingerprint density at radius 2 is 1.77 bits per heavy atom. The number of ether oxygens (including phenoxy) is 2. The van der Waals surface area contributed by atoms with Crippen molar-refractivity contribution in [1.82, 2.24) is 4.90 Å². The van der Waals surface area contributed by atoms with Gasteiger partial charge >= 0.3 is 0 Å². The van der Waals surface area contributed by atoms with Gasteiger partial charge in [-0.1, -0.05) is 25.1 Å². The van der Waals surface area contributed by atoms with Crippen molar-refractivity contribution in [3.05, 3.63) is 58.1 Å². The standard InChI is InChI=1S/C22H21BrN2O4S/c1-4-10-24-20(26)16(11-14-12-17(23)19(29-3)18(13-14)28-2)21(27)25(22(24)30)15-8-6-5-7-9-15/h5-9,11-13H,4,10H2,1-3H3/b16-11-. The minimum absolute atomic E-state index is 0.0278. The Morgan fingerprint density at radius 1 is 1.07 bits per heavy atom. The number of carbonyl (C=O) groups is 2. The number of nitrogens with zero attached hydrogens (tertiary/aromatic N) is 2. The Labute approximate surface area is 189 Å². The predicted molar refractivity (Wildman–Crippen MR) is 124 cm³/mol. The molecule has 1 aliphatic rings. The Morgan fingerprint density at radius 3 is 2.37 bits per heavy atom. The number of methoxy groups -OCH3 is 2. The van der Waals surface area contributed by atoms with Crippen molar-refractivity contribution < 1.29 is 19.1 Å². The number of rotatable bonds is 6. The van der Waals surface area contributed by atoms with Crippen LogP contribution >= 0.6 is 28.1 Å². The second kappa shape index (κ2) is 9.40. The molecule has 1 heterocycles. The summed E-state index contributed by atoms with van der Waals surface area (Å²) in [4.78, 5) is 29.3. The number of amides is 2. The molecule has 0 aliphatic carbocycles. The van der Waals surface area contributed by atoms with Gasteiger partial charge in [0.2, 0.25) is 0 Å². The fourth-order valence-electron chi connectivity index (χ4n) is 3.19. The molecule has 0 bridgehead atoms. The predicted octanol–water partition coefficient (Wildman–Crippen LogP) is 4.42. The summed E-state index contributed by atoms with van der Waals surface area (Å²) in [5.74, 6) is 0.135. The van der Waals surface area contributed by atoms with Crippen LogP contribution < -0.4 is 14.4 Å². The highest BCUT2D eigenvalue weighted by molar-refractivity contribution is 9.10. The molecular formula is C22H21BrN2O4S. The summed E-state index contributed by atoms with van der Waals surface area (Å²) in [5, 5.41) is 0.184. The van der Waals surface area contributed by atoms with E-state index in [-0.39, 0.29) is 10.7 Å². The van der Waals surface area contributed by atoms with Gasteiger partial charge in [-0.25, -0.2) is 0 Å². The highest BCUT2D eigenvalue weighted by Gasteiger charge is 2.39. The highest BCUT2D eigenvalue weighted by atomic mass is 79.9. The zero-order valence-corrected chi connectivity index (χ0v) is 19.2. The van der Waals surface area contributed by atoms with Crippen LogP contribution in [0.4, 0.5) is 5.69 Å². The highest BCUT2D eigenvalue weighted by Crippen LogP contribution is 2.37. The van der Waals surface area contributed by atoms with Gasteiger partial charge in [-0.3, -0.25) is 19.4 Å². The fraction of sp³-hybridized carbons (Fsp3) is 0.227. The van der Waals surface area contributed by atoms with E-state index in [4.69, 9.17) is 21.7 Å². The first kappa shape index (κ1) is 22.0. The summed E-state index contributed by atoms with van der Waals surface area (Å²) >= 11 is 8.94. The van der Waals surface area contributed by atoms with Crippen molar-refractivity contribution in [2.75, 3.05) is 25.7 Å². The van der Waals surface area contributed by atoms with Gasteiger partial charge in [-0.05, 0) is 70.5 Å². The average molecular weight is 489 g/mol. The quantitative estimate of drug-likeness (QED) is 0.342. The van der Waals surface area contributed by atoms with Crippen molar-refractivity contribution in [1.29, 1.82) is 0 Å². The first-order valence-corrected chi connectivity index (χ1v) is 10.5. The van der Waals surface area contributed by atoms with E-state index in [9.17, 15) is 9.59 Å². The van der Waals surface area contributed by atoms with Gasteiger partial charge in [0.15, 0.2) is 16.6 Å². The molecule has 1 saturated heterocycles. The molecule has 156 valence electrons. The first-order valence-electron chi connectivity index (χ1n) is 9.31. The topological polar surface area (TPSA) is 59.1 Å². The molecule has 0 unspecified atom stereocenters. The number of anilines is 1. The zero-order chi connectivity index (χ0) is 21.8. The lowest BCUT2D eigenvalue weighted by Crippen LogP contribution is -2.56. The van der Waals surface area contributed by atoms with E-state index in [1.807, 2.05) is 25.1 Å². The SMILES string of the molecule is CCCN1C(=O)/C(=C/c2cc(Br)c(OC)c(OC)c2)C(=O)N(c2ccccc2)C1=S. The number of thiocarbonyl (C=S) groups is 1. The molecule has 1 aliphatic heterocycles. The van der Waals surface area contributed by atoms with Crippen molar-refractivity contribution in [3.63, 3.8) is 0 Å². The molecule has 30 heavy (non-hydrogen) atoms. The minimum atomic E-state index is -0.463. The average Bonchev–Trinajstić information content (AvgIpc) is 2.74. The molecule has 2 aromatic carbocycles. The fourth-order valence-corrected chi connectivity index (χ4v) is 4.17. The molecule has 3 rings (SSSR count). The first-order chi connectivity index (χ1) is 14.4. The Balaban J connectivity index is 2.12. The number of halogens is 1. The number of benzene rings is 2. The van der Waals surface area contributed by atoms with Crippen LogP contribution in [0.3, 0.4) is 0 Å². The smallest absolute Gasteiger partial charge is 0.270 e. The summed E-state index contributed by atoms with van der Waals surface area (Å²) in [6, 6.07) is 12.5. The van der Waals surface area contributed by atoms with E-state index < -0.39 is 11.8 Å². The summed E-state index contributed by atoms with van der Waals surface area (Å²) in [7, 11) is 3.06. The molecule has 2 amide bonds. The molecule has 0 atom stereocenters. The minimum Gasteiger partial charge on any atom is -0.493 e. The Hall–Kier alpha value is -2.71. The molecule has 0 saturated carbocycles. The van der Waals surface area contributed by atoms with E-state index >= 15 is 0 Å². The monoisotopic (exact) mass is 488 g/mol. The molecule has 0 N–H and O–H groups in total. The van der Waals surface area contributed by atoms with Crippen LogP contribution in [0.15, 0.2) is 52.5 Å². The van der Waals surface area contributed by atoms with Gasteiger partial charge in [-0.15, -0.1) is 0 Å². The van der Waals surface area contributed by atoms with Crippen LogP contribution in [0, 0.1) is 0 Å². The van der Waals surface area contributed by atoms with Crippen LogP contribution in [0.25, 0.3) is 6.08 Å². The lowest BCUT2D eigenvalue weighted by molar-refractivity contribution is -0.127. The van der Waals surface area contributed by atoms with Crippen molar-refractivity contribution in [2.24, 2.45) is 0 Å². The summed E-state index contributed by atoms with van der Waals surface area (Å²) in [5.41, 5.74) is 1.26. The van der Waals surface area contributed by atoms with Crippen molar-refractivity contribution >= 4 is 56.8 Å². The molecule has 2 aromatic rings. The Kier molecular flexibility index (Phi) is 6.89. The maximum atomic E-state index is 13.3. The number of hydrogen-bond acceptors (Lipinski definition) is 5. The zero-order valence-electron chi connectivity index (χ0n) is 16.8.